The van der Waals surface area contributed by atoms with Crippen LogP contribution in [0.15, 0.2) is 198 Å². The normalized spacial score (nSPS) is 13.9. The molecule has 324 valence electrons. The van der Waals surface area contributed by atoms with E-state index in [1.165, 1.54) is 88.6 Å². The third-order valence-electron chi connectivity index (χ3n) is 12.8. The van der Waals surface area contributed by atoms with Crippen LogP contribution in [0, 0.1) is 19.8 Å². The first kappa shape index (κ1) is 44.4. The summed E-state index contributed by atoms with van der Waals surface area (Å²) in [4.78, 5) is 5.34. The van der Waals surface area contributed by atoms with E-state index in [1.54, 1.807) is 0 Å². The molecule has 1 unspecified atom stereocenters. The largest absolute Gasteiger partial charge is 0.387 e. The van der Waals surface area contributed by atoms with Crippen molar-refractivity contribution in [1.82, 2.24) is 4.57 Å². The number of nitrogens with zero attached hydrogens (tertiary/aromatic N) is 2. The smallest absolute Gasteiger partial charge is 0.103 e. The summed E-state index contributed by atoms with van der Waals surface area (Å²) in [6.07, 6.45) is 22.8. The van der Waals surface area contributed by atoms with Gasteiger partial charge in [0.1, 0.15) is 5.84 Å². The SMILES string of the molecule is C/C=C\C=C/CC(N)=N/C(=C(\Cc1cccc(CCC)c1-c1cccc(-c2ccc3c(c2)c2ccccc2n3C2=C=CC=CC=C2)c1C)c1ccc(-c2ccccc2)cc1C)C(C)CC. The van der Waals surface area contributed by atoms with E-state index in [4.69, 9.17) is 10.7 Å². The number of benzene rings is 6. The molecule has 1 aromatic heterocycles. The topological polar surface area (TPSA) is 43.3 Å². The van der Waals surface area contributed by atoms with Gasteiger partial charge in [0.2, 0.25) is 0 Å². The van der Waals surface area contributed by atoms with Crippen LogP contribution in [-0.4, -0.2) is 10.4 Å². The molecule has 1 atom stereocenters. The molecule has 8 rings (SSSR count). The minimum atomic E-state index is 0.187. The number of aryl methyl sites for hydroxylation is 2. The highest BCUT2D eigenvalue weighted by atomic mass is 15.0. The lowest BCUT2D eigenvalue weighted by molar-refractivity contribution is 0.648. The molecule has 0 radical (unpaired) electrons. The molecule has 0 saturated heterocycles. The molecule has 65 heavy (non-hydrogen) atoms. The molecule has 0 aliphatic heterocycles. The first-order valence-corrected chi connectivity index (χ1v) is 23.4. The Bertz CT molecular complexity index is 3110. The number of rotatable bonds is 15. The number of nitrogens with two attached hydrogens (primary N) is 1. The predicted molar refractivity (Wildman–Crippen MR) is 282 cm³/mol. The van der Waals surface area contributed by atoms with Crippen molar-refractivity contribution in [2.45, 2.75) is 73.6 Å². The molecule has 1 aliphatic rings. The first-order chi connectivity index (χ1) is 31.8. The second kappa shape index (κ2) is 20.5. The molecule has 6 aromatic carbocycles. The Hall–Kier alpha value is -7.19. The highest BCUT2D eigenvalue weighted by molar-refractivity contribution is 6.11. The molecule has 3 nitrogen and oxygen atoms in total. The molecule has 0 amide bonds. The zero-order valence-electron chi connectivity index (χ0n) is 38.9. The van der Waals surface area contributed by atoms with E-state index in [1.807, 2.05) is 43.4 Å². The number of para-hydroxylation sites is 1. The van der Waals surface area contributed by atoms with E-state index in [0.717, 1.165) is 30.7 Å². The minimum Gasteiger partial charge on any atom is -0.387 e. The number of allylic oxidation sites excluding steroid dienone is 10. The Morgan fingerprint density at radius 1 is 0.723 bits per heavy atom. The monoisotopic (exact) mass is 847 g/mol. The summed E-state index contributed by atoms with van der Waals surface area (Å²) in [7, 11) is 0. The molecule has 3 heteroatoms. The molecule has 0 fully saturated rings. The van der Waals surface area contributed by atoms with Crippen molar-refractivity contribution >= 4 is 38.9 Å². The quantitative estimate of drug-likeness (QED) is 0.0475. The highest BCUT2D eigenvalue weighted by Gasteiger charge is 2.22. The fourth-order valence-electron chi connectivity index (χ4n) is 9.40. The van der Waals surface area contributed by atoms with Gasteiger partial charge in [0.15, 0.2) is 0 Å². The van der Waals surface area contributed by atoms with Crippen molar-refractivity contribution in [3.63, 3.8) is 0 Å². The van der Waals surface area contributed by atoms with Gasteiger partial charge in [-0.25, -0.2) is 4.99 Å². The van der Waals surface area contributed by atoms with E-state index in [-0.39, 0.29) is 5.92 Å². The second-order valence-corrected chi connectivity index (χ2v) is 17.2. The van der Waals surface area contributed by atoms with Crippen LogP contribution in [0.4, 0.5) is 0 Å². The summed E-state index contributed by atoms with van der Waals surface area (Å²) >= 11 is 0. The average Bonchev–Trinajstić information content (AvgIpc) is 3.43. The lowest BCUT2D eigenvalue weighted by Gasteiger charge is -2.23. The zero-order valence-corrected chi connectivity index (χ0v) is 38.9. The van der Waals surface area contributed by atoms with Gasteiger partial charge in [0.25, 0.3) is 0 Å². The van der Waals surface area contributed by atoms with Crippen LogP contribution in [0.5, 0.6) is 0 Å². The van der Waals surface area contributed by atoms with E-state index < -0.39 is 0 Å². The van der Waals surface area contributed by atoms with Gasteiger partial charge in [0.05, 0.1) is 16.7 Å². The van der Waals surface area contributed by atoms with Crippen LogP contribution in [0.25, 0.3) is 66.5 Å². The maximum absolute atomic E-state index is 6.81. The van der Waals surface area contributed by atoms with E-state index >= 15 is 0 Å². The van der Waals surface area contributed by atoms with Gasteiger partial charge in [-0.05, 0) is 137 Å². The van der Waals surface area contributed by atoms with Crippen molar-refractivity contribution in [3.05, 3.63) is 221 Å². The zero-order chi connectivity index (χ0) is 45.3. The van der Waals surface area contributed by atoms with Gasteiger partial charge in [-0.3, -0.25) is 0 Å². The summed E-state index contributed by atoms with van der Waals surface area (Å²) in [6.45, 7) is 13.4. The summed E-state index contributed by atoms with van der Waals surface area (Å²) in [5, 5.41) is 2.46. The Morgan fingerprint density at radius 2 is 1.48 bits per heavy atom. The molecule has 0 bridgehead atoms. The first-order valence-electron chi connectivity index (χ1n) is 23.4. The minimum absolute atomic E-state index is 0.187. The Morgan fingerprint density at radius 3 is 2.28 bits per heavy atom. The van der Waals surface area contributed by atoms with E-state index in [0.29, 0.717) is 18.7 Å². The highest BCUT2D eigenvalue weighted by Crippen LogP contribution is 2.42. The molecule has 2 N–H and O–H groups in total. The van der Waals surface area contributed by atoms with Gasteiger partial charge >= 0.3 is 0 Å². The van der Waals surface area contributed by atoms with E-state index in [9.17, 15) is 0 Å². The Kier molecular flexibility index (Phi) is 14.0. The predicted octanol–water partition coefficient (Wildman–Crippen LogP) is 16.4. The summed E-state index contributed by atoms with van der Waals surface area (Å²) in [5.74, 6) is 0.809. The number of fused-ring (bicyclic) bond motifs is 3. The summed E-state index contributed by atoms with van der Waals surface area (Å²) in [6, 6.07) is 47.1. The van der Waals surface area contributed by atoms with Crippen molar-refractivity contribution in [3.8, 4) is 33.4 Å². The standard InChI is InChI=1S/C62H61N3/c1-7-10-11-19-35-60(63)64-62(43(4)9-3)57(52-38-36-48(40-44(52)5)46-25-15-14-16-26-46)42-50-28-22-27-47(24-8-2)61(50)54-33-23-32-53(45(54)6)49-37-39-59-56(41-49)55-31-20-21-34-58(55)65(59)51-29-17-12-13-18-30-51/h7,10-23,25-29,31-34,36-41,43H,8-9,24,35,42H2,1-6H3,(H2,63,64)/b10-7-,19-11-,62-57+. The molecular weight excluding hydrogens is 787 g/mol. The van der Waals surface area contributed by atoms with Crippen molar-refractivity contribution in [2.24, 2.45) is 16.6 Å². The fourth-order valence-corrected chi connectivity index (χ4v) is 9.40. The Balaban J connectivity index is 1.30. The third-order valence-corrected chi connectivity index (χ3v) is 12.8. The average molecular weight is 848 g/mol. The van der Waals surface area contributed by atoms with Gasteiger partial charge in [-0.2, -0.15) is 0 Å². The molecular formula is C62H61N3. The number of aliphatic imine (C=N–C) groups is 1. The van der Waals surface area contributed by atoms with Crippen LogP contribution in [0.1, 0.15) is 74.8 Å². The van der Waals surface area contributed by atoms with Crippen LogP contribution < -0.4 is 5.73 Å². The molecule has 1 aliphatic carbocycles. The second-order valence-electron chi connectivity index (χ2n) is 17.2. The maximum atomic E-state index is 6.81. The Labute approximate surface area is 386 Å². The van der Waals surface area contributed by atoms with Gasteiger partial charge < -0.3 is 10.3 Å². The lowest BCUT2D eigenvalue weighted by Crippen LogP contribution is -2.14. The van der Waals surface area contributed by atoms with Crippen LogP contribution in [0.3, 0.4) is 0 Å². The molecule has 1 heterocycles. The van der Waals surface area contributed by atoms with Gasteiger partial charge in [0, 0.05) is 29.3 Å². The van der Waals surface area contributed by atoms with Crippen molar-refractivity contribution in [2.75, 3.05) is 0 Å². The van der Waals surface area contributed by atoms with Crippen LogP contribution >= 0.6 is 0 Å². The number of hydrogen-bond acceptors (Lipinski definition) is 1. The van der Waals surface area contributed by atoms with Crippen molar-refractivity contribution < 1.29 is 0 Å². The van der Waals surface area contributed by atoms with Crippen LogP contribution in [0.2, 0.25) is 0 Å². The summed E-state index contributed by atoms with van der Waals surface area (Å²) in [5.41, 5.74) is 29.8. The number of amidine groups is 1. The summed E-state index contributed by atoms with van der Waals surface area (Å²) < 4.78 is 2.33. The number of aromatic nitrogens is 1. The van der Waals surface area contributed by atoms with Crippen LogP contribution in [-0.2, 0) is 12.8 Å². The fraction of sp³-hybridized carbons (Fsp3) is 0.194. The van der Waals surface area contributed by atoms with Gasteiger partial charge in [-0.1, -0.05) is 185 Å². The molecule has 7 aromatic rings. The van der Waals surface area contributed by atoms with Gasteiger partial charge in [-0.15, -0.1) is 0 Å². The lowest BCUT2D eigenvalue weighted by atomic mass is 9.82. The molecule has 0 saturated carbocycles. The van der Waals surface area contributed by atoms with E-state index in [2.05, 4.69) is 191 Å². The maximum Gasteiger partial charge on any atom is 0.103 e. The van der Waals surface area contributed by atoms with Crippen molar-refractivity contribution in [1.29, 1.82) is 0 Å². The third kappa shape index (κ3) is 9.53. The number of hydrogen-bond donors (Lipinski definition) is 1. The molecule has 0 spiro atoms.